The molecule has 0 radical (unpaired) electrons. The van der Waals surface area contributed by atoms with Gasteiger partial charge in [0.15, 0.2) is 5.78 Å². The zero-order valence-electron chi connectivity index (χ0n) is 9.75. The zero-order valence-corrected chi connectivity index (χ0v) is 13.0. The summed E-state index contributed by atoms with van der Waals surface area (Å²) in [6.45, 7) is 4.15. The molecule has 1 nitrogen and oxygen atoms in total. The van der Waals surface area contributed by atoms with Gasteiger partial charge in [0.25, 0.3) is 0 Å². The van der Waals surface area contributed by atoms with Crippen LogP contribution in [-0.4, -0.2) is 5.78 Å². The van der Waals surface area contributed by atoms with Crippen molar-refractivity contribution in [2.24, 2.45) is 0 Å². The molecule has 0 atom stereocenters. The number of thiophene rings is 2. The third kappa shape index (κ3) is 3.06. The van der Waals surface area contributed by atoms with E-state index in [0.717, 1.165) is 25.5 Å². The Balaban J connectivity index is 2.11. The van der Waals surface area contributed by atoms with Gasteiger partial charge in [0, 0.05) is 16.2 Å². The summed E-state index contributed by atoms with van der Waals surface area (Å²) in [5.41, 5.74) is 1.14. The minimum atomic E-state index is 0.216. The summed E-state index contributed by atoms with van der Waals surface area (Å²) in [4.78, 5) is 15.4. The van der Waals surface area contributed by atoms with Crippen molar-refractivity contribution in [2.75, 3.05) is 0 Å². The van der Waals surface area contributed by atoms with Crippen LogP contribution in [0.3, 0.4) is 0 Å². The number of hydrogen-bond donors (Lipinski definition) is 0. The summed E-state index contributed by atoms with van der Waals surface area (Å²) in [7, 11) is 0. The van der Waals surface area contributed by atoms with Gasteiger partial charge in [0.05, 0.1) is 8.66 Å². The summed E-state index contributed by atoms with van der Waals surface area (Å²) in [6.07, 6.45) is 1.57. The molecular weight excluding hydrogens is 316 g/mol. The number of hydrogen-bond acceptors (Lipinski definition) is 3. The Morgan fingerprint density at radius 1 is 1.29 bits per heavy atom. The average Bonchev–Trinajstić information content (AvgIpc) is 2.87. The number of carbonyl (C=O) groups excluding carboxylic acids is 1. The van der Waals surface area contributed by atoms with E-state index in [0.29, 0.717) is 6.42 Å². The van der Waals surface area contributed by atoms with Gasteiger partial charge in [-0.2, -0.15) is 0 Å². The molecule has 0 N–H and O–H groups in total. The number of Topliss-reactive ketones (excluding diaryl/α,β-unsaturated/α-hetero) is 1. The molecule has 0 saturated heterocycles. The van der Waals surface area contributed by atoms with Gasteiger partial charge in [-0.25, -0.2) is 0 Å². The van der Waals surface area contributed by atoms with Crippen molar-refractivity contribution < 1.29 is 4.79 Å². The van der Waals surface area contributed by atoms with Gasteiger partial charge in [0.1, 0.15) is 0 Å². The fourth-order valence-electron chi connectivity index (χ4n) is 1.55. The van der Waals surface area contributed by atoms with Crippen LogP contribution in [0.4, 0.5) is 0 Å². The van der Waals surface area contributed by atoms with Crippen molar-refractivity contribution in [3.05, 3.63) is 42.2 Å². The van der Waals surface area contributed by atoms with Crippen LogP contribution in [0.25, 0.3) is 0 Å². The van der Waals surface area contributed by atoms with Crippen LogP contribution in [-0.2, 0) is 12.8 Å². The molecule has 0 aliphatic carbocycles. The van der Waals surface area contributed by atoms with Gasteiger partial charge in [0.2, 0.25) is 0 Å². The summed E-state index contributed by atoms with van der Waals surface area (Å²) < 4.78 is 1.06. The molecule has 0 fully saturated rings. The van der Waals surface area contributed by atoms with E-state index in [1.165, 1.54) is 16.2 Å². The Kier molecular flexibility index (Phi) is 4.17. The second-order valence-corrected chi connectivity index (χ2v) is 7.51. The SMILES string of the molecule is CCc1ccc(CC(=O)c2cc(C)c(Br)s2)s1. The third-order valence-corrected chi connectivity index (χ3v) is 5.94. The molecule has 0 aliphatic rings. The molecule has 2 heterocycles. The van der Waals surface area contributed by atoms with Crippen molar-refractivity contribution in [3.8, 4) is 0 Å². The Bertz CT molecular complexity index is 520. The van der Waals surface area contributed by atoms with Crippen LogP contribution in [0.1, 0.15) is 31.9 Å². The standard InChI is InChI=1S/C13H13BrOS2/c1-3-9-4-5-10(16-9)7-11(15)12-6-8(2)13(14)17-12/h4-6H,3,7H2,1-2H3. The maximum Gasteiger partial charge on any atom is 0.178 e. The lowest BCUT2D eigenvalue weighted by molar-refractivity contribution is 0.0997. The Morgan fingerprint density at radius 3 is 2.53 bits per heavy atom. The normalized spacial score (nSPS) is 10.8. The highest BCUT2D eigenvalue weighted by molar-refractivity contribution is 9.11. The maximum absolute atomic E-state index is 12.1. The molecular formula is C13H13BrOS2. The lowest BCUT2D eigenvalue weighted by atomic mass is 10.2. The van der Waals surface area contributed by atoms with Crippen molar-refractivity contribution >= 4 is 44.4 Å². The fraction of sp³-hybridized carbons (Fsp3) is 0.308. The lowest BCUT2D eigenvalue weighted by Gasteiger charge is -1.94. The topological polar surface area (TPSA) is 17.1 Å². The van der Waals surface area contributed by atoms with Gasteiger partial charge in [-0.15, -0.1) is 22.7 Å². The Labute approximate surface area is 118 Å². The van der Waals surface area contributed by atoms with E-state index < -0.39 is 0 Å². The number of rotatable bonds is 4. The van der Waals surface area contributed by atoms with Crippen molar-refractivity contribution in [2.45, 2.75) is 26.7 Å². The first-order valence-corrected chi connectivity index (χ1v) is 7.89. The molecule has 0 bridgehead atoms. The van der Waals surface area contributed by atoms with E-state index >= 15 is 0 Å². The summed E-state index contributed by atoms with van der Waals surface area (Å²) >= 11 is 6.72. The fourth-order valence-corrected chi connectivity index (χ4v) is 3.98. The highest BCUT2D eigenvalue weighted by atomic mass is 79.9. The van der Waals surface area contributed by atoms with Gasteiger partial charge in [-0.3, -0.25) is 4.79 Å². The van der Waals surface area contributed by atoms with Gasteiger partial charge in [-0.05, 0) is 53.0 Å². The van der Waals surface area contributed by atoms with Crippen LogP contribution in [0.2, 0.25) is 0 Å². The van der Waals surface area contributed by atoms with Crippen LogP contribution in [0.5, 0.6) is 0 Å². The first kappa shape index (κ1) is 13.0. The van der Waals surface area contributed by atoms with Crippen LogP contribution < -0.4 is 0 Å². The number of halogens is 1. The summed E-state index contributed by atoms with van der Waals surface area (Å²) in [6, 6.07) is 6.14. The smallest absolute Gasteiger partial charge is 0.178 e. The molecule has 0 aliphatic heterocycles. The van der Waals surface area contributed by atoms with Gasteiger partial charge >= 0.3 is 0 Å². The van der Waals surface area contributed by atoms with E-state index in [1.54, 1.807) is 11.3 Å². The minimum Gasteiger partial charge on any atom is -0.293 e. The molecule has 2 rings (SSSR count). The molecule has 2 aromatic heterocycles. The molecule has 0 aromatic carbocycles. The molecule has 17 heavy (non-hydrogen) atoms. The van der Waals surface area contributed by atoms with Crippen LogP contribution in [0.15, 0.2) is 22.0 Å². The first-order valence-electron chi connectivity index (χ1n) is 5.47. The van der Waals surface area contributed by atoms with E-state index in [9.17, 15) is 4.79 Å². The van der Waals surface area contributed by atoms with E-state index in [2.05, 4.69) is 35.0 Å². The maximum atomic E-state index is 12.1. The predicted molar refractivity (Wildman–Crippen MR) is 78.5 cm³/mol. The van der Waals surface area contributed by atoms with Crippen molar-refractivity contribution in [3.63, 3.8) is 0 Å². The van der Waals surface area contributed by atoms with Gasteiger partial charge in [-0.1, -0.05) is 6.92 Å². The second-order valence-electron chi connectivity index (χ2n) is 3.89. The molecule has 2 aromatic rings. The monoisotopic (exact) mass is 328 g/mol. The quantitative estimate of drug-likeness (QED) is 0.732. The van der Waals surface area contributed by atoms with Crippen molar-refractivity contribution in [1.82, 2.24) is 0 Å². The van der Waals surface area contributed by atoms with Crippen LogP contribution in [0, 0.1) is 6.92 Å². The molecule has 0 amide bonds. The second kappa shape index (κ2) is 5.46. The van der Waals surface area contributed by atoms with E-state index in [4.69, 9.17) is 0 Å². The largest absolute Gasteiger partial charge is 0.293 e. The van der Waals surface area contributed by atoms with Crippen molar-refractivity contribution in [1.29, 1.82) is 0 Å². The highest BCUT2D eigenvalue weighted by Crippen LogP contribution is 2.29. The molecule has 90 valence electrons. The van der Waals surface area contributed by atoms with E-state index in [-0.39, 0.29) is 5.78 Å². The third-order valence-electron chi connectivity index (χ3n) is 2.53. The summed E-state index contributed by atoms with van der Waals surface area (Å²) in [5, 5.41) is 0. The van der Waals surface area contributed by atoms with E-state index in [1.807, 2.05) is 13.0 Å². The average molecular weight is 329 g/mol. The van der Waals surface area contributed by atoms with Gasteiger partial charge < -0.3 is 0 Å². The Hall–Kier alpha value is -0.450. The molecule has 0 unspecified atom stereocenters. The number of carbonyl (C=O) groups is 1. The Morgan fingerprint density at radius 2 is 2.00 bits per heavy atom. The summed E-state index contributed by atoms with van der Waals surface area (Å²) in [5.74, 6) is 0.216. The molecule has 0 saturated carbocycles. The predicted octanol–water partition coefficient (Wildman–Crippen LogP) is 4.87. The molecule has 4 heteroatoms. The molecule has 0 spiro atoms. The van der Waals surface area contributed by atoms with Crippen LogP contribution >= 0.6 is 38.6 Å². The lowest BCUT2D eigenvalue weighted by Crippen LogP contribution is -1.98. The number of ketones is 1. The zero-order chi connectivity index (χ0) is 12.4. The first-order chi connectivity index (χ1) is 8.10. The minimum absolute atomic E-state index is 0.216. The highest BCUT2D eigenvalue weighted by Gasteiger charge is 2.12. The number of aryl methyl sites for hydroxylation is 2.